The third-order valence-electron chi connectivity index (χ3n) is 2.63. The Balaban J connectivity index is 0. The van der Waals surface area contributed by atoms with Gasteiger partial charge < -0.3 is 11.3 Å². The van der Waals surface area contributed by atoms with Crippen molar-refractivity contribution in [1.82, 2.24) is 0 Å². The third-order valence-corrected chi connectivity index (χ3v) is 7.11. The minimum atomic E-state index is -1.55. The van der Waals surface area contributed by atoms with Crippen LogP contribution in [0.2, 0.25) is 18.1 Å². The summed E-state index contributed by atoms with van der Waals surface area (Å²) in [4.78, 5) is 0. The van der Waals surface area contributed by atoms with Gasteiger partial charge in [-0.05, 0) is 18.1 Å². The summed E-state index contributed by atoms with van der Waals surface area (Å²) in [6.45, 7) is 20.4. The maximum Gasteiger partial charge on any atom is 1.00 e. The summed E-state index contributed by atoms with van der Waals surface area (Å²) in [6, 6.07) is 0. The quantitative estimate of drug-likeness (QED) is 0.494. The van der Waals surface area contributed by atoms with Gasteiger partial charge in [0.15, 0.2) is 8.32 Å². The summed E-state index contributed by atoms with van der Waals surface area (Å²) in [7, 11) is -1.55. The molecule has 80 valence electrons. The Morgan fingerprint density at radius 1 is 1.07 bits per heavy atom. The van der Waals surface area contributed by atoms with Gasteiger partial charge in [0.25, 0.3) is 0 Å². The average Bonchev–Trinajstić information content (AvgIpc) is 1.79. The maximum atomic E-state index is 6.03. The SMILES string of the molecule is [CH2-]C(C)(C)CO[Si](C)(C)C(C)(C)C.[Li+]. The molecule has 0 unspecified atom stereocenters. The Hall–Kier alpha value is 0.774. The van der Waals surface area contributed by atoms with Gasteiger partial charge in [-0.1, -0.05) is 34.6 Å². The van der Waals surface area contributed by atoms with Crippen molar-refractivity contribution in [1.29, 1.82) is 0 Å². The van der Waals surface area contributed by atoms with E-state index in [1.165, 1.54) is 0 Å². The monoisotopic (exact) mass is 208 g/mol. The summed E-state index contributed by atoms with van der Waals surface area (Å²) in [5, 5.41) is 0.304. The van der Waals surface area contributed by atoms with Crippen molar-refractivity contribution in [2.75, 3.05) is 6.61 Å². The van der Waals surface area contributed by atoms with Crippen molar-refractivity contribution < 1.29 is 23.3 Å². The Kier molecular flexibility index (Phi) is 6.39. The summed E-state index contributed by atoms with van der Waals surface area (Å²) in [5.74, 6) is 0. The number of hydrogen-bond acceptors (Lipinski definition) is 1. The largest absolute Gasteiger partial charge is 1.00 e. The van der Waals surface area contributed by atoms with E-state index in [0.717, 1.165) is 6.61 Å². The smallest absolute Gasteiger partial charge is 0.419 e. The fraction of sp³-hybridized carbons (Fsp3) is 0.909. The van der Waals surface area contributed by atoms with Crippen LogP contribution in [0.5, 0.6) is 0 Å². The van der Waals surface area contributed by atoms with Gasteiger partial charge in [0.2, 0.25) is 0 Å². The fourth-order valence-electron chi connectivity index (χ4n) is 0.592. The molecule has 0 aliphatic heterocycles. The summed E-state index contributed by atoms with van der Waals surface area (Å²) in [5.41, 5.74) is 0.0372. The molecule has 1 nitrogen and oxygen atoms in total. The van der Waals surface area contributed by atoms with Crippen LogP contribution in [0.25, 0.3) is 0 Å². The Bertz CT molecular complexity index is 165. The molecule has 0 heterocycles. The van der Waals surface area contributed by atoms with Gasteiger partial charge in [0.1, 0.15) is 0 Å². The normalized spacial score (nSPS) is 13.7. The first kappa shape index (κ1) is 17.2. The molecular weight excluding hydrogens is 183 g/mol. The standard InChI is InChI=1S/C11H25OSi.Li/c1-10(2,3)9-12-13(7,8)11(4,5)6;/h1,9H2,2-8H3;/q-1;+1. The van der Waals surface area contributed by atoms with Crippen molar-refractivity contribution in [2.45, 2.75) is 52.8 Å². The molecule has 0 fully saturated rings. The van der Waals surface area contributed by atoms with Crippen LogP contribution >= 0.6 is 0 Å². The second-order valence-electron chi connectivity index (χ2n) is 6.21. The maximum absolute atomic E-state index is 6.03. The second kappa shape index (κ2) is 5.21. The van der Waals surface area contributed by atoms with Crippen LogP contribution in [-0.4, -0.2) is 14.9 Å². The second-order valence-corrected chi connectivity index (χ2v) is 11.0. The van der Waals surface area contributed by atoms with E-state index in [1.807, 2.05) is 0 Å². The topological polar surface area (TPSA) is 9.23 Å². The van der Waals surface area contributed by atoms with Gasteiger partial charge in [-0.2, -0.15) is 0 Å². The van der Waals surface area contributed by atoms with E-state index in [1.54, 1.807) is 0 Å². The Labute approximate surface area is 103 Å². The zero-order valence-corrected chi connectivity index (χ0v) is 12.3. The summed E-state index contributed by atoms with van der Waals surface area (Å²) >= 11 is 0. The Morgan fingerprint density at radius 3 is 1.64 bits per heavy atom. The van der Waals surface area contributed by atoms with E-state index in [2.05, 4.69) is 54.6 Å². The van der Waals surface area contributed by atoms with Crippen LogP contribution in [0.4, 0.5) is 0 Å². The molecule has 0 aliphatic carbocycles. The molecule has 0 aromatic heterocycles. The van der Waals surface area contributed by atoms with Gasteiger partial charge in [0.05, 0.1) is 0 Å². The predicted molar refractivity (Wildman–Crippen MR) is 62.3 cm³/mol. The zero-order chi connectivity index (χ0) is 10.9. The van der Waals surface area contributed by atoms with Crippen molar-refractivity contribution in [3.05, 3.63) is 6.92 Å². The molecular formula is C11H25LiOSi. The number of rotatable bonds is 3. The van der Waals surface area contributed by atoms with Crippen LogP contribution < -0.4 is 18.9 Å². The van der Waals surface area contributed by atoms with Crippen LogP contribution in [0.1, 0.15) is 34.6 Å². The van der Waals surface area contributed by atoms with Gasteiger partial charge in [0, 0.05) is 6.61 Å². The first-order valence-electron chi connectivity index (χ1n) is 4.95. The minimum absolute atomic E-state index is 0. The fourth-order valence-corrected chi connectivity index (χ4v) is 1.78. The molecule has 0 N–H and O–H groups in total. The van der Waals surface area contributed by atoms with Crippen molar-refractivity contribution in [3.63, 3.8) is 0 Å². The van der Waals surface area contributed by atoms with Gasteiger partial charge in [-0.3, -0.25) is 0 Å². The van der Waals surface area contributed by atoms with E-state index in [9.17, 15) is 0 Å². The summed E-state index contributed by atoms with van der Waals surface area (Å²) < 4.78 is 6.03. The molecule has 3 heteroatoms. The van der Waals surface area contributed by atoms with E-state index in [-0.39, 0.29) is 24.3 Å². The molecule has 0 spiro atoms. The molecule has 14 heavy (non-hydrogen) atoms. The van der Waals surface area contributed by atoms with E-state index in [4.69, 9.17) is 4.43 Å². The Morgan fingerprint density at radius 2 is 1.43 bits per heavy atom. The predicted octanol–water partition coefficient (Wildman–Crippen LogP) is 0.872. The van der Waals surface area contributed by atoms with Crippen molar-refractivity contribution >= 4 is 8.32 Å². The van der Waals surface area contributed by atoms with E-state index >= 15 is 0 Å². The minimum Gasteiger partial charge on any atom is -0.419 e. The first-order chi connectivity index (χ1) is 5.46. The first-order valence-corrected chi connectivity index (χ1v) is 7.86. The molecule has 0 saturated heterocycles. The van der Waals surface area contributed by atoms with Crippen LogP contribution in [-0.2, 0) is 4.43 Å². The van der Waals surface area contributed by atoms with Gasteiger partial charge in [-0.25, -0.2) is 0 Å². The van der Waals surface area contributed by atoms with Gasteiger partial charge >= 0.3 is 18.9 Å². The van der Waals surface area contributed by atoms with Crippen LogP contribution in [0.3, 0.4) is 0 Å². The molecule has 0 radical (unpaired) electrons. The molecule has 0 saturated carbocycles. The summed E-state index contributed by atoms with van der Waals surface area (Å²) in [6.07, 6.45) is 0. The average molecular weight is 208 g/mol. The van der Waals surface area contributed by atoms with Crippen LogP contribution in [0, 0.1) is 12.3 Å². The molecule has 0 atom stereocenters. The molecule has 0 bridgehead atoms. The molecule has 0 aromatic rings. The van der Waals surface area contributed by atoms with Crippen LogP contribution in [0.15, 0.2) is 0 Å². The van der Waals surface area contributed by atoms with E-state index < -0.39 is 8.32 Å². The molecule has 0 aliphatic rings. The van der Waals surface area contributed by atoms with Gasteiger partial charge in [-0.15, -0.1) is 5.41 Å². The third kappa shape index (κ3) is 6.29. The molecule has 0 aromatic carbocycles. The van der Waals surface area contributed by atoms with Crippen molar-refractivity contribution in [2.24, 2.45) is 5.41 Å². The molecule has 0 amide bonds. The molecule has 0 rings (SSSR count). The number of hydrogen-bond donors (Lipinski definition) is 0. The zero-order valence-electron chi connectivity index (χ0n) is 11.3. The van der Waals surface area contributed by atoms with Crippen molar-refractivity contribution in [3.8, 4) is 0 Å². The van der Waals surface area contributed by atoms with E-state index in [0.29, 0.717) is 5.04 Å².